The molecule has 12 heavy (non-hydrogen) atoms. The van der Waals surface area contributed by atoms with Crippen LogP contribution in [0, 0.1) is 0 Å². The predicted molar refractivity (Wildman–Crippen MR) is 40.3 cm³/mol. The summed E-state index contributed by atoms with van der Waals surface area (Å²) < 4.78 is 9.11. The molecule has 1 aliphatic carbocycles. The van der Waals surface area contributed by atoms with Crippen molar-refractivity contribution in [1.82, 2.24) is 0 Å². The first kappa shape index (κ1) is 8.77. The summed E-state index contributed by atoms with van der Waals surface area (Å²) in [4.78, 5) is 21.3. The molecular weight excluding hydrogens is 160 g/mol. The monoisotopic (exact) mass is 170 g/mol. The number of carbonyl (C=O) groups is 2. The summed E-state index contributed by atoms with van der Waals surface area (Å²) in [6, 6.07) is 0. The van der Waals surface area contributed by atoms with Crippen LogP contribution < -0.4 is 0 Å². The van der Waals surface area contributed by atoms with E-state index in [1.807, 2.05) is 0 Å². The van der Waals surface area contributed by atoms with E-state index in [9.17, 15) is 9.59 Å². The number of hydrogen-bond donors (Lipinski definition) is 0. The standard InChI is InChI=1S/C8H10O4/c1-11-7(9)4-5-8(10)12-6-2-3-6/h4-6H,2-3H2,1H3/b5-4+. The maximum absolute atomic E-state index is 10.8. The molecule has 0 aromatic heterocycles. The van der Waals surface area contributed by atoms with E-state index in [0.29, 0.717) is 0 Å². The van der Waals surface area contributed by atoms with E-state index < -0.39 is 11.9 Å². The van der Waals surface area contributed by atoms with Gasteiger partial charge in [0.2, 0.25) is 0 Å². The van der Waals surface area contributed by atoms with Gasteiger partial charge in [-0.2, -0.15) is 0 Å². The third kappa shape index (κ3) is 3.18. The van der Waals surface area contributed by atoms with Gasteiger partial charge in [-0.15, -0.1) is 0 Å². The SMILES string of the molecule is COC(=O)/C=C/C(=O)OC1CC1. The predicted octanol–water partition coefficient (Wildman–Crippen LogP) is 0.421. The van der Waals surface area contributed by atoms with Gasteiger partial charge in [0.15, 0.2) is 0 Å². The third-order valence-electron chi connectivity index (χ3n) is 1.36. The van der Waals surface area contributed by atoms with Gasteiger partial charge in [0.1, 0.15) is 6.10 Å². The third-order valence-corrected chi connectivity index (χ3v) is 1.36. The van der Waals surface area contributed by atoms with Gasteiger partial charge in [0.05, 0.1) is 7.11 Å². The van der Waals surface area contributed by atoms with Crippen LogP contribution in [-0.2, 0) is 19.1 Å². The summed E-state index contributed by atoms with van der Waals surface area (Å²) in [5, 5.41) is 0. The van der Waals surface area contributed by atoms with Gasteiger partial charge in [-0.25, -0.2) is 9.59 Å². The number of hydrogen-bond acceptors (Lipinski definition) is 4. The normalized spacial score (nSPS) is 16.1. The van der Waals surface area contributed by atoms with Crippen LogP contribution >= 0.6 is 0 Å². The molecule has 0 N–H and O–H groups in total. The Bertz CT molecular complexity index is 215. The van der Waals surface area contributed by atoms with Crippen LogP contribution in [0.5, 0.6) is 0 Å². The zero-order valence-electron chi connectivity index (χ0n) is 6.78. The van der Waals surface area contributed by atoms with Gasteiger partial charge >= 0.3 is 11.9 Å². The average Bonchev–Trinajstić information content (AvgIpc) is 2.84. The van der Waals surface area contributed by atoms with E-state index >= 15 is 0 Å². The maximum atomic E-state index is 10.8. The lowest BCUT2D eigenvalue weighted by atomic mass is 10.5. The van der Waals surface area contributed by atoms with Crippen molar-refractivity contribution in [2.45, 2.75) is 18.9 Å². The van der Waals surface area contributed by atoms with Crippen LogP contribution in [0.15, 0.2) is 12.2 Å². The zero-order chi connectivity index (χ0) is 8.97. The fourth-order valence-corrected chi connectivity index (χ4v) is 0.594. The maximum Gasteiger partial charge on any atom is 0.331 e. The molecule has 0 atom stereocenters. The first-order valence-electron chi connectivity index (χ1n) is 3.69. The van der Waals surface area contributed by atoms with Crippen molar-refractivity contribution in [3.05, 3.63) is 12.2 Å². The van der Waals surface area contributed by atoms with Crippen molar-refractivity contribution in [2.75, 3.05) is 7.11 Å². The van der Waals surface area contributed by atoms with Crippen molar-refractivity contribution < 1.29 is 19.1 Å². The first-order chi connectivity index (χ1) is 5.72. The molecule has 0 unspecified atom stereocenters. The number of rotatable bonds is 3. The van der Waals surface area contributed by atoms with Gasteiger partial charge in [-0.3, -0.25) is 0 Å². The number of methoxy groups -OCH3 is 1. The van der Waals surface area contributed by atoms with Crippen molar-refractivity contribution >= 4 is 11.9 Å². The molecule has 0 aromatic rings. The Balaban J connectivity index is 2.23. The van der Waals surface area contributed by atoms with Gasteiger partial charge < -0.3 is 9.47 Å². The van der Waals surface area contributed by atoms with Gasteiger partial charge in [0.25, 0.3) is 0 Å². The summed E-state index contributed by atoms with van der Waals surface area (Å²) >= 11 is 0. The van der Waals surface area contributed by atoms with E-state index in [2.05, 4.69) is 4.74 Å². The largest absolute Gasteiger partial charge is 0.466 e. The molecule has 1 saturated carbocycles. The second-order valence-corrected chi connectivity index (χ2v) is 2.49. The molecular formula is C8H10O4. The van der Waals surface area contributed by atoms with Crippen molar-refractivity contribution in [2.24, 2.45) is 0 Å². The number of ether oxygens (including phenoxy) is 2. The Kier molecular flexibility index (Phi) is 2.85. The Morgan fingerprint density at radius 2 is 1.83 bits per heavy atom. The van der Waals surface area contributed by atoms with Crippen LogP contribution in [0.1, 0.15) is 12.8 Å². The van der Waals surface area contributed by atoms with Crippen LogP contribution in [0.3, 0.4) is 0 Å². The Morgan fingerprint density at radius 3 is 2.33 bits per heavy atom. The van der Waals surface area contributed by atoms with Crippen molar-refractivity contribution in [3.8, 4) is 0 Å². The molecule has 0 aromatic carbocycles. The molecule has 1 rings (SSSR count). The van der Waals surface area contributed by atoms with Crippen molar-refractivity contribution in [3.63, 3.8) is 0 Å². The summed E-state index contributed by atoms with van der Waals surface area (Å²) in [5.41, 5.74) is 0. The zero-order valence-corrected chi connectivity index (χ0v) is 6.78. The lowest BCUT2D eigenvalue weighted by molar-refractivity contribution is -0.140. The fraction of sp³-hybridized carbons (Fsp3) is 0.500. The highest BCUT2D eigenvalue weighted by molar-refractivity contribution is 5.91. The Hall–Kier alpha value is -1.32. The molecule has 0 saturated heterocycles. The molecule has 0 amide bonds. The van der Waals surface area contributed by atoms with E-state index in [1.54, 1.807) is 0 Å². The minimum atomic E-state index is -0.553. The molecule has 0 spiro atoms. The Labute approximate surface area is 70.1 Å². The molecule has 4 nitrogen and oxygen atoms in total. The lowest BCUT2D eigenvalue weighted by Crippen LogP contribution is -2.03. The molecule has 0 bridgehead atoms. The van der Waals surface area contributed by atoms with Gasteiger partial charge in [-0.1, -0.05) is 0 Å². The van der Waals surface area contributed by atoms with Gasteiger partial charge in [0, 0.05) is 12.2 Å². The summed E-state index contributed by atoms with van der Waals surface area (Å²) in [5.74, 6) is -1.04. The number of carbonyl (C=O) groups excluding carboxylic acids is 2. The lowest BCUT2D eigenvalue weighted by Gasteiger charge is -1.95. The minimum Gasteiger partial charge on any atom is -0.466 e. The van der Waals surface area contributed by atoms with E-state index in [4.69, 9.17) is 4.74 Å². The molecule has 0 radical (unpaired) electrons. The molecule has 0 aliphatic heterocycles. The van der Waals surface area contributed by atoms with Gasteiger partial charge in [-0.05, 0) is 12.8 Å². The van der Waals surface area contributed by atoms with Crippen molar-refractivity contribution in [1.29, 1.82) is 0 Å². The summed E-state index contributed by atoms with van der Waals surface area (Å²) in [6.07, 6.45) is 4.05. The first-order valence-corrected chi connectivity index (χ1v) is 3.69. The highest BCUT2D eigenvalue weighted by Crippen LogP contribution is 2.23. The Morgan fingerprint density at radius 1 is 1.25 bits per heavy atom. The second-order valence-electron chi connectivity index (χ2n) is 2.49. The fourth-order valence-electron chi connectivity index (χ4n) is 0.594. The van der Waals surface area contributed by atoms with E-state index in [0.717, 1.165) is 25.0 Å². The average molecular weight is 170 g/mol. The smallest absolute Gasteiger partial charge is 0.331 e. The van der Waals surface area contributed by atoms with Crippen LogP contribution in [0.2, 0.25) is 0 Å². The minimum absolute atomic E-state index is 0.0693. The summed E-state index contributed by atoms with van der Waals surface area (Å²) in [7, 11) is 1.25. The molecule has 1 aliphatic rings. The molecule has 0 heterocycles. The quantitative estimate of drug-likeness (QED) is 0.455. The highest BCUT2D eigenvalue weighted by Gasteiger charge is 2.24. The highest BCUT2D eigenvalue weighted by atomic mass is 16.5. The molecule has 66 valence electrons. The number of esters is 2. The molecule has 4 heteroatoms. The van der Waals surface area contributed by atoms with E-state index in [1.165, 1.54) is 7.11 Å². The topological polar surface area (TPSA) is 52.6 Å². The molecule has 1 fully saturated rings. The van der Waals surface area contributed by atoms with Crippen LogP contribution in [0.4, 0.5) is 0 Å². The van der Waals surface area contributed by atoms with Crippen LogP contribution in [0.25, 0.3) is 0 Å². The second kappa shape index (κ2) is 3.90. The van der Waals surface area contributed by atoms with Crippen LogP contribution in [-0.4, -0.2) is 25.2 Å². The summed E-state index contributed by atoms with van der Waals surface area (Å²) in [6.45, 7) is 0. The van der Waals surface area contributed by atoms with E-state index in [-0.39, 0.29) is 6.10 Å².